The Bertz CT molecular complexity index is 619. The number of benzene rings is 2. The van der Waals surface area contributed by atoms with Crippen LogP contribution in [0.25, 0.3) is 0 Å². The van der Waals surface area contributed by atoms with Gasteiger partial charge in [-0.15, -0.1) is 0 Å². The first-order chi connectivity index (χ1) is 9.16. The largest absolute Gasteiger partial charge is 0.361 e. The molecular weight excluding hydrogens is 236 g/mol. The quantitative estimate of drug-likeness (QED) is 0.845. The maximum atomic E-state index is 12.4. The van der Waals surface area contributed by atoms with Gasteiger partial charge in [-0.05, 0) is 24.6 Å². The van der Waals surface area contributed by atoms with E-state index in [-0.39, 0.29) is 12.1 Å². The molecule has 1 heterocycles. The molecule has 1 aliphatic rings. The van der Waals surface area contributed by atoms with Gasteiger partial charge in [-0.1, -0.05) is 42.0 Å². The number of hydrogen-bond donors (Lipinski definition) is 1. The van der Waals surface area contributed by atoms with Crippen molar-refractivity contribution in [3.63, 3.8) is 0 Å². The van der Waals surface area contributed by atoms with E-state index in [2.05, 4.69) is 36.5 Å². The van der Waals surface area contributed by atoms with Crippen molar-refractivity contribution < 1.29 is 4.79 Å². The van der Waals surface area contributed by atoms with Gasteiger partial charge < -0.3 is 10.2 Å². The van der Waals surface area contributed by atoms with E-state index in [1.165, 1.54) is 5.56 Å². The second-order valence-electron chi connectivity index (χ2n) is 4.92. The minimum absolute atomic E-state index is 0.0555. The van der Waals surface area contributed by atoms with Crippen LogP contribution in [0.2, 0.25) is 0 Å². The molecular formula is C16H16N2O. The van der Waals surface area contributed by atoms with Crippen molar-refractivity contribution in [1.29, 1.82) is 0 Å². The first-order valence-corrected chi connectivity index (χ1v) is 6.36. The molecule has 0 spiro atoms. The van der Waals surface area contributed by atoms with Crippen LogP contribution in [0.15, 0.2) is 48.5 Å². The monoisotopic (exact) mass is 252 g/mol. The Balaban J connectivity index is 2.01. The summed E-state index contributed by atoms with van der Waals surface area (Å²) in [4.78, 5) is 14.1. The SMILES string of the molecule is Cc1ccc(C2Nc3ccccc3C(=O)N2C)cc1. The topological polar surface area (TPSA) is 32.3 Å². The summed E-state index contributed by atoms with van der Waals surface area (Å²) in [7, 11) is 1.83. The van der Waals surface area contributed by atoms with Crippen molar-refractivity contribution in [1.82, 2.24) is 4.90 Å². The van der Waals surface area contributed by atoms with Gasteiger partial charge in [0.2, 0.25) is 0 Å². The van der Waals surface area contributed by atoms with Crippen LogP contribution in [-0.2, 0) is 0 Å². The van der Waals surface area contributed by atoms with E-state index < -0.39 is 0 Å². The Kier molecular flexibility index (Phi) is 2.75. The standard InChI is InChI=1S/C16H16N2O/c1-11-7-9-12(10-8-11)15-17-14-6-4-3-5-13(14)16(19)18(15)2/h3-10,15,17H,1-2H3. The van der Waals surface area contributed by atoms with Crippen molar-refractivity contribution in [2.45, 2.75) is 13.1 Å². The molecule has 2 aromatic rings. The van der Waals surface area contributed by atoms with E-state index in [9.17, 15) is 4.79 Å². The minimum atomic E-state index is -0.108. The molecule has 2 aromatic carbocycles. The number of para-hydroxylation sites is 1. The van der Waals surface area contributed by atoms with Crippen LogP contribution in [0.4, 0.5) is 5.69 Å². The number of fused-ring (bicyclic) bond motifs is 1. The molecule has 0 bridgehead atoms. The van der Waals surface area contributed by atoms with Gasteiger partial charge >= 0.3 is 0 Å². The lowest BCUT2D eigenvalue weighted by molar-refractivity contribution is 0.0735. The Morgan fingerprint density at radius 2 is 1.74 bits per heavy atom. The first kappa shape index (κ1) is 11.8. The lowest BCUT2D eigenvalue weighted by atomic mass is 10.0. The maximum absolute atomic E-state index is 12.4. The Morgan fingerprint density at radius 3 is 2.47 bits per heavy atom. The van der Waals surface area contributed by atoms with Crippen molar-refractivity contribution in [2.75, 3.05) is 12.4 Å². The molecule has 1 atom stereocenters. The summed E-state index contributed by atoms with van der Waals surface area (Å²) in [5.41, 5.74) is 3.94. The number of carbonyl (C=O) groups excluding carboxylic acids is 1. The highest BCUT2D eigenvalue weighted by Crippen LogP contribution is 2.31. The normalized spacial score (nSPS) is 17.9. The van der Waals surface area contributed by atoms with Gasteiger partial charge in [0, 0.05) is 12.7 Å². The second-order valence-corrected chi connectivity index (χ2v) is 4.92. The molecule has 1 amide bonds. The summed E-state index contributed by atoms with van der Waals surface area (Å²) in [5.74, 6) is 0.0555. The summed E-state index contributed by atoms with van der Waals surface area (Å²) in [6.07, 6.45) is -0.108. The molecule has 1 N–H and O–H groups in total. The van der Waals surface area contributed by atoms with Crippen molar-refractivity contribution in [3.8, 4) is 0 Å². The number of aryl methyl sites for hydroxylation is 1. The fourth-order valence-corrected chi connectivity index (χ4v) is 2.40. The third-order valence-corrected chi connectivity index (χ3v) is 3.55. The highest BCUT2D eigenvalue weighted by molar-refractivity contribution is 6.01. The number of anilines is 1. The minimum Gasteiger partial charge on any atom is -0.361 e. The van der Waals surface area contributed by atoms with Crippen LogP contribution < -0.4 is 5.32 Å². The maximum Gasteiger partial charge on any atom is 0.257 e. The fraction of sp³-hybridized carbons (Fsp3) is 0.188. The Morgan fingerprint density at radius 1 is 1.05 bits per heavy atom. The predicted molar refractivity (Wildman–Crippen MR) is 76.1 cm³/mol. The molecule has 19 heavy (non-hydrogen) atoms. The zero-order chi connectivity index (χ0) is 13.4. The summed E-state index contributed by atoms with van der Waals surface area (Å²) in [6.45, 7) is 2.06. The van der Waals surface area contributed by atoms with Gasteiger partial charge in [0.1, 0.15) is 6.17 Å². The third-order valence-electron chi connectivity index (χ3n) is 3.55. The summed E-state index contributed by atoms with van der Waals surface area (Å²) < 4.78 is 0. The molecule has 3 heteroatoms. The van der Waals surface area contributed by atoms with Crippen LogP contribution in [0.3, 0.4) is 0 Å². The smallest absolute Gasteiger partial charge is 0.257 e. The van der Waals surface area contributed by atoms with Gasteiger partial charge in [0.05, 0.1) is 5.56 Å². The zero-order valence-electron chi connectivity index (χ0n) is 11.1. The summed E-state index contributed by atoms with van der Waals surface area (Å²) in [6, 6.07) is 15.9. The molecule has 0 aromatic heterocycles. The molecule has 0 fully saturated rings. The second kappa shape index (κ2) is 4.43. The third kappa shape index (κ3) is 1.97. The molecule has 1 aliphatic heterocycles. The average molecular weight is 252 g/mol. The van der Waals surface area contributed by atoms with Crippen molar-refractivity contribution in [2.24, 2.45) is 0 Å². The predicted octanol–water partition coefficient (Wildman–Crippen LogP) is 3.19. The molecule has 3 nitrogen and oxygen atoms in total. The van der Waals surface area contributed by atoms with Crippen LogP contribution in [0, 0.1) is 6.92 Å². The number of amides is 1. The van der Waals surface area contributed by atoms with E-state index in [4.69, 9.17) is 0 Å². The molecule has 3 rings (SSSR count). The summed E-state index contributed by atoms with van der Waals surface area (Å²) in [5, 5.41) is 3.42. The van der Waals surface area contributed by atoms with Gasteiger partial charge in [0.15, 0.2) is 0 Å². The lowest BCUT2D eigenvalue weighted by Crippen LogP contribution is -2.40. The van der Waals surface area contributed by atoms with E-state index in [1.807, 2.05) is 31.3 Å². The van der Waals surface area contributed by atoms with E-state index in [0.29, 0.717) is 0 Å². The molecule has 0 aliphatic carbocycles. The molecule has 1 unspecified atom stereocenters. The fourth-order valence-electron chi connectivity index (χ4n) is 2.40. The van der Waals surface area contributed by atoms with Crippen LogP contribution in [0.5, 0.6) is 0 Å². The Hall–Kier alpha value is -2.29. The van der Waals surface area contributed by atoms with Gasteiger partial charge in [-0.25, -0.2) is 0 Å². The van der Waals surface area contributed by atoms with E-state index >= 15 is 0 Å². The van der Waals surface area contributed by atoms with Gasteiger partial charge in [-0.2, -0.15) is 0 Å². The Labute approximate surface area is 112 Å². The average Bonchev–Trinajstić information content (AvgIpc) is 2.44. The van der Waals surface area contributed by atoms with Crippen LogP contribution in [0.1, 0.15) is 27.7 Å². The van der Waals surface area contributed by atoms with Crippen LogP contribution in [-0.4, -0.2) is 17.9 Å². The zero-order valence-corrected chi connectivity index (χ0v) is 11.1. The van der Waals surface area contributed by atoms with Crippen molar-refractivity contribution in [3.05, 3.63) is 65.2 Å². The number of hydrogen-bond acceptors (Lipinski definition) is 2. The van der Waals surface area contributed by atoms with Crippen molar-refractivity contribution >= 4 is 11.6 Å². The van der Waals surface area contributed by atoms with Crippen LogP contribution >= 0.6 is 0 Å². The number of nitrogens with one attached hydrogen (secondary N) is 1. The number of nitrogens with zero attached hydrogens (tertiary/aromatic N) is 1. The first-order valence-electron chi connectivity index (χ1n) is 6.36. The van der Waals surface area contributed by atoms with Gasteiger partial charge in [0.25, 0.3) is 5.91 Å². The molecule has 0 saturated heterocycles. The number of rotatable bonds is 1. The number of carbonyl (C=O) groups is 1. The van der Waals surface area contributed by atoms with E-state index in [1.54, 1.807) is 4.90 Å². The highest BCUT2D eigenvalue weighted by atomic mass is 16.2. The molecule has 96 valence electrons. The summed E-state index contributed by atoms with van der Waals surface area (Å²) >= 11 is 0. The van der Waals surface area contributed by atoms with Gasteiger partial charge in [-0.3, -0.25) is 4.79 Å². The highest BCUT2D eigenvalue weighted by Gasteiger charge is 2.29. The molecule has 0 saturated carbocycles. The molecule has 0 radical (unpaired) electrons. The lowest BCUT2D eigenvalue weighted by Gasteiger charge is -2.35. The van der Waals surface area contributed by atoms with E-state index in [0.717, 1.165) is 16.8 Å².